The standard InChI is InChI=1S/C10H16ClN3/c1-4-5-8(2)14(3)10-7-12-6-9(11)13-10/h6-8H,4-5H2,1-3H3. The van der Waals surface area contributed by atoms with E-state index in [-0.39, 0.29) is 0 Å². The third kappa shape index (κ3) is 2.84. The summed E-state index contributed by atoms with van der Waals surface area (Å²) in [7, 11) is 2.01. The van der Waals surface area contributed by atoms with Crippen LogP contribution in [0.4, 0.5) is 5.82 Å². The number of aromatic nitrogens is 2. The lowest BCUT2D eigenvalue weighted by molar-refractivity contribution is 0.610. The largest absolute Gasteiger partial charge is 0.356 e. The van der Waals surface area contributed by atoms with Gasteiger partial charge in [0.1, 0.15) is 11.0 Å². The van der Waals surface area contributed by atoms with Crippen LogP contribution in [0.25, 0.3) is 0 Å². The molecule has 0 aliphatic carbocycles. The highest BCUT2D eigenvalue weighted by Crippen LogP contribution is 2.15. The molecule has 0 aromatic carbocycles. The van der Waals surface area contributed by atoms with E-state index in [0.29, 0.717) is 11.2 Å². The fourth-order valence-electron chi connectivity index (χ4n) is 1.34. The van der Waals surface area contributed by atoms with Gasteiger partial charge >= 0.3 is 0 Å². The van der Waals surface area contributed by atoms with Crippen LogP contribution in [0.15, 0.2) is 12.4 Å². The normalized spacial score (nSPS) is 12.6. The Hall–Kier alpha value is -0.830. The zero-order valence-electron chi connectivity index (χ0n) is 8.87. The first-order chi connectivity index (χ1) is 6.65. The highest BCUT2D eigenvalue weighted by atomic mass is 35.5. The van der Waals surface area contributed by atoms with Crippen molar-refractivity contribution < 1.29 is 0 Å². The summed E-state index contributed by atoms with van der Waals surface area (Å²) in [5.41, 5.74) is 0. The highest BCUT2D eigenvalue weighted by Gasteiger charge is 2.10. The topological polar surface area (TPSA) is 29.0 Å². The summed E-state index contributed by atoms with van der Waals surface area (Å²) in [6.45, 7) is 4.35. The fraction of sp³-hybridized carbons (Fsp3) is 0.600. The Morgan fingerprint density at radius 1 is 1.50 bits per heavy atom. The van der Waals surface area contributed by atoms with Gasteiger partial charge in [-0.15, -0.1) is 0 Å². The van der Waals surface area contributed by atoms with Gasteiger partial charge in [0.15, 0.2) is 0 Å². The first-order valence-electron chi connectivity index (χ1n) is 4.85. The van der Waals surface area contributed by atoms with Gasteiger partial charge in [-0.1, -0.05) is 24.9 Å². The van der Waals surface area contributed by atoms with E-state index >= 15 is 0 Å². The Morgan fingerprint density at radius 2 is 2.21 bits per heavy atom. The third-order valence-electron chi connectivity index (χ3n) is 2.32. The maximum atomic E-state index is 5.77. The molecule has 1 aromatic rings. The van der Waals surface area contributed by atoms with Gasteiger partial charge in [0.05, 0.1) is 12.4 Å². The van der Waals surface area contributed by atoms with E-state index in [9.17, 15) is 0 Å². The SMILES string of the molecule is CCCC(C)N(C)c1cncc(Cl)n1. The molecule has 78 valence electrons. The maximum Gasteiger partial charge on any atom is 0.149 e. The van der Waals surface area contributed by atoms with Crippen LogP contribution >= 0.6 is 11.6 Å². The first-order valence-corrected chi connectivity index (χ1v) is 5.23. The quantitative estimate of drug-likeness (QED) is 0.770. The van der Waals surface area contributed by atoms with Crippen molar-refractivity contribution in [2.45, 2.75) is 32.7 Å². The molecular weight excluding hydrogens is 198 g/mol. The minimum Gasteiger partial charge on any atom is -0.356 e. The van der Waals surface area contributed by atoms with Gasteiger partial charge in [-0.2, -0.15) is 0 Å². The van der Waals surface area contributed by atoms with E-state index < -0.39 is 0 Å². The van der Waals surface area contributed by atoms with E-state index in [1.807, 2.05) is 7.05 Å². The molecule has 0 spiro atoms. The zero-order valence-corrected chi connectivity index (χ0v) is 9.62. The Kier molecular flexibility index (Phi) is 4.14. The van der Waals surface area contributed by atoms with Crippen LogP contribution < -0.4 is 4.90 Å². The predicted molar refractivity (Wildman–Crippen MR) is 59.8 cm³/mol. The third-order valence-corrected chi connectivity index (χ3v) is 2.50. The molecule has 0 N–H and O–H groups in total. The molecule has 14 heavy (non-hydrogen) atoms. The van der Waals surface area contributed by atoms with Crippen molar-refractivity contribution in [2.75, 3.05) is 11.9 Å². The van der Waals surface area contributed by atoms with Gasteiger partial charge in [-0.25, -0.2) is 4.98 Å². The molecule has 1 rings (SSSR count). The maximum absolute atomic E-state index is 5.77. The molecule has 1 atom stereocenters. The Labute approximate surface area is 90.1 Å². The lowest BCUT2D eigenvalue weighted by Gasteiger charge is -2.25. The number of hydrogen-bond acceptors (Lipinski definition) is 3. The first kappa shape index (κ1) is 11.2. The van der Waals surface area contributed by atoms with Crippen LogP contribution in [0.5, 0.6) is 0 Å². The van der Waals surface area contributed by atoms with E-state index in [1.54, 1.807) is 12.4 Å². The molecule has 0 aliphatic rings. The molecule has 0 amide bonds. The average Bonchev–Trinajstić information content (AvgIpc) is 2.17. The van der Waals surface area contributed by atoms with Gasteiger partial charge in [-0.05, 0) is 13.3 Å². The zero-order chi connectivity index (χ0) is 10.6. The van der Waals surface area contributed by atoms with Crippen molar-refractivity contribution in [3.8, 4) is 0 Å². The van der Waals surface area contributed by atoms with Crippen LogP contribution in [0, 0.1) is 0 Å². The second-order valence-corrected chi connectivity index (χ2v) is 3.84. The summed E-state index contributed by atoms with van der Waals surface area (Å²) in [6.07, 6.45) is 5.59. The van der Waals surface area contributed by atoms with Gasteiger partial charge in [0.25, 0.3) is 0 Å². The number of nitrogens with zero attached hydrogens (tertiary/aromatic N) is 3. The molecular formula is C10H16ClN3. The minimum atomic E-state index is 0.443. The molecule has 3 nitrogen and oxygen atoms in total. The van der Waals surface area contributed by atoms with Gasteiger partial charge in [0, 0.05) is 13.1 Å². The van der Waals surface area contributed by atoms with Crippen LogP contribution in [0.3, 0.4) is 0 Å². The molecule has 0 fully saturated rings. The molecule has 1 heterocycles. The lowest BCUT2D eigenvalue weighted by Crippen LogP contribution is -2.29. The number of anilines is 1. The van der Waals surface area contributed by atoms with E-state index in [1.165, 1.54) is 6.42 Å². The van der Waals surface area contributed by atoms with Crippen LogP contribution in [0.2, 0.25) is 5.15 Å². The van der Waals surface area contributed by atoms with Crippen molar-refractivity contribution in [1.82, 2.24) is 9.97 Å². The van der Waals surface area contributed by atoms with Gasteiger partial charge in [-0.3, -0.25) is 4.98 Å². The molecule has 0 radical (unpaired) electrons. The van der Waals surface area contributed by atoms with Crippen molar-refractivity contribution >= 4 is 17.4 Å². The molecule has 0 aliphatic heterocycles. The second-order valence-electron chi connectivity index (χ2n) is 3.45. The van der Waals surface area contributed by atoms with E-state index in [0.717, 1.165) is 12.2 Å². The summed E-state index contributed by atoms with van der Waals surface area (Å²) in [6, 6.07) is 0.466. The number of rotatable bonds is 4. The van der Waals surface area contributed by atoms with E-state index in [2.05, 4.69) is 28.7 Å². The Balaban J connectivity index is 2.73. The molecule has 0 saturated carbocycles. The van der Waals surface area contributed by atoms with Gasteiger partial charge < -0.3 is 4.90 Å². The molecule has 1 aromatic heterocycles. The summed E-state index contributed by atoms with van der Waals surface area (Å²) < 4.78 is 0. The summed E-state index contributed by atoms with van der Waals surface area (Å²) in [5, 5.41) is 0.443. The smallest absolute Gasteiger partial charge is 0.149 e. The number of halogens is 1. The van der Waals surface area contributed by atoms with E-state index in [4.69, 9.17) is 11.6 Å². The lowest BCUT2D eigenvalue weighted by atomic mass is 10.2. The Bertz CT molecular complexity index is 290. The molecule has 1 unspecified atom stereocenters. The summed E-state index contributed by atoms with van der Waals surface area (Å²) in [5.74, 6) is 0.832. The number of hydrogen-bond donors (Lipinski definition) is 0. The Morgan fingerprint density at radius 3 is 2.79 bits per heavy atom. The molecule has 4 heteroatoms. The van der Waals surface area contributed by atoms with Crippen molar-refractivity contribution in [3.63, 3.8) is 0 Å². The predicted octanol–water partition coefficient (Wildman–Crippen LogP) is 2.75. The highest BCUT2D eigenvalue weighted by molar-refractivity contribution is 6.29. The van der Waals surface area contributed by atoms with Crippen LogP contribution in [0.1, 0.15) is 26.7 Å². The monoisotopic (exact) mass is 213 g/mol. The average molecular weight is 214 g/mol. The molecule has 0 saturated heterocycles. The fourth-order valence-corrected chi connectivity index (χ4v) is 1.48. The molecule has 0 bridgehead atoms. The minimum absolute atomic E-state index is 0.443. The van der Waals surface area contributed by atoms with Crippen LogP contribution in [-0.4, -0.2) is 23.1 Å². The van der Waals surface area contributed by atoms with Crippen LogP contribution in [-0.2, 0) is 0 Å². The summed E-state index contributed by atoms with van der Waals surface area (Å²) >= 11 is 5.77. The summed E-state index contributed by atoms with van der Waals surface area (Å²) in [4.78, 5) is 10.3. The van der Waals surface area contributed by atoms with Crippen molar-refractivity contribution in [1.29, 1.82) is 0 Å². The second kappa shape index (κ2) is 5.15. The van der Waals surface area contributed by atoms with Crippen molar-refractivity contribution in [2.24, 2.45) is 0 Å². The van der Waals surface area contributed by atoms with Crippen molar-refractivity contribution in [3.05, 3.63) is 17.5 Å². The van der Waals surface area contributed by atoms with Gasteiger partial charge in [0.2, 0.25) is 0 Å².